The van der Waals surface area contributed by atoms with E-state index >= 15 is 0 Å². The number of fused-ring (bicyclic) bond motifs is 1. The average molecular weight is 318 g/mol. The van der Waals surface area contributed by atoms with Crippen molar-refractivity contribution < 1.29 is 14.3 Å². The molecule has 2 aromatic rings. The summed E-state index contributed by atoms with van der Waals surface area (Å²) >= 11 is 1.61. The monoisotopic (exact) mass is 318 g/mol. The van der Waals surface area contributed by atoms with Crippen molar-refractivity contribution in [1.29, 1.82) is 0 Å². The van der Waals surface area contributed by atoms with Crippen LogP contribution in [0.1, 0.15) is 16.9 Å². The summed E-state index contributed by atoms with van der Waals surface area (Å²) in [5.41, 5.74) is 0.316. The molecule has 1 aromatic heterocycles. The molecule has 22 heavy (non-hydrogen) atoms. The van der Waals surface area contributed by atoms with E-state index in [4.69, 9.17) is 4.74 Å². The molecule has 0 spiro atoms. The van der Waals surface area contributed by atoms with Crippen LogP contribution in [0.4, 0.5) is 0 Å². The van der Waals surface area contributed by atoms with E-state index in [1.54, 1.807) is 18.0 Å². The van der Waals surface area contributed by atoms with Gasteiger partial charge in [-0.15, -0.1) is 0 Å². The van der Waals surface area contributed by atoms with Crippen LogP contribution in [0.5, 0.6) is 0 Å². The van der Waals surface area contributed by atoms with Crippen LogP contribution in [0, 0.1) is 0 Å². The van der Waals surface area contributed by atoms with Crippen molar-refractivity contribution in [1.82, 2.24) is 10.3 Å². The van der Waals surface area contributed by atoms with Crippen molar-refractivity contribution in [2.75, 3.05) is 19.1 Å². The molecule has 5 nitrogen and oxygen atoms in total. The number of benzene rings is 1. The second kappa shape index (κ2) is 7.79. The van der Waals surface area contributed by atoms with Gasteiger partial charge in [0.15, 0.2) is 0 Å². The lowest BCUT2D eigenvalue weighted by molar-refractivity contribution is -0.142. The molecule has 1 amide bonds. The summed E-state index contributed by atoms with van der Waals surface area (Å²) in [6.45, 7) is 0. The summed E-state index contributed by atoms with van der Waals surface area (Å²) in [6, 6.07) is 8.70. The van der Waals surface area contributed by atoms with Crippen molar-refractivity contribution in [3.05, 3.63) is 42.2 Å². The molecular formula is C16H18N2O3S. The highest BCUT2D eigenvalue weighted by molar-refractivity contribution is 7.98. The van der Waals surface area contributed by atoms with Gasteiger partial charge in [-0.2, -0.15) is 11.8 Å². The van der Waals surface area contributed by atoms with Gasteiger partial charge in [-0.25, -0.2) is 4.79 Å². The third-order valence-electron chi connectivity index (χ3n) is 3.29. The van der Waals surface area contributed by atoms with Gasteiger partial charge in [0, 0.05) is 11.6 Å². The molecule has 0 saturated heterocycles. The van der Waals surface area contributed by atoms with Crippen molar-refractivity contribution >= 4 is 34.4 Å². The summed E-state index contributed by atoms with van der Waals surface area (Å²) in [5.74, 6) is -0.0563. The molecule has 0 fully saturated rings. The van der Waals surface area contributed by atoms with Gasteiger partial charge in [-0.05, 0) is 29.9 Å². The first kappa shape index (κ1) is 16.3. The highest BCUT2D eigenvalue weighted by atomic mass is 32.2. The van der Waals surface area contributed by atoms with E-state index in [0.717, 1.165) is 16.5 Å². The Labute approximate surface area is 133 Å². The minimum absolute atomic E-state index is 0.316. The Morgan fingerprint density at radius 2 is 2.09 bits per heavy atom. The largest absolute Gasteiger partial charge is 0.467 e. The van der Waals surface area contributed by atoms with E-state index in [1.165, 1.54) is 7.11 Å². The molecule has 0 saturated carbocycles. The number of nitrogens with zero attached hydrogens (tertiary/aromatic N) is 1. The lowest BCUT2D eigenvalue weighted by Crippen LogP contribution is -2.42. The summed E-state index contributed by atoms with van der Waals surface area (Å²) < 4.78 is 4.75. The Morgan fingerprint density at radius 3 is 2.82 bits per heavy atom. The second-order valence-corrected chi connectivity index (χ2v) is 5.70. The summed E-state index contributed by atoms with van der Waals surface area (Å²) in [4.78, 5) is 28.4. The predicted octanol–water partition coefficient (Wildman–Crippen LogP) is 2.26. The van der Waals surface area contributed by atoms with Gasteiger partial charge in [-0.3, -0.25) is 9.78 Å². The maximum atomic E-state index is 12.5. The summed E-state index contributed by atoms with van der Waals surface area (Å²) in [6.07, 6.45) is 4.05. The van der Waals surface area contributed by atoms with Crippen LogP contribution in [0.25, 0.3) is 10.8 Å². The topological polar surface area (TPSA) is 68.3 Å². The minimum atomic E-state index is -0.661. The van der Waals surface area contributed by atoms with Crippen LogP contribution >= 0.6 is 11.8 Å². The number of pyridine rings is 1. The van der Waals surface area contributed by atoms with Crippen LogP contribution in [0.2, 0.25) is 0 Å². The van der Waals surface area contributed by atoms with Crippen molar-refractivity contribution in [3.63, 3.8) is 0 Å². The zero-order valence-corrected chi connectivity index (χ0v) is 13.4. The van der Waals surface area contributed by atoms with Gasteiger partial charge in [0.25, 0.3) is 5.91 Å². The van der Waals surface area contributed by atoms with E-state index < -0.39 is 12.0 Å². The molecular weight excluding hydrogens is 300 g/mol. The number of nitrogens with one attached hydrogen (secondary N) is 1. The molecule has 1 N–H and O–H groups in total. The number of amides is 1. The fourth-order valence-electron chi connectivity index (χ4n) is 2.15. The number of hydrogen-bond donors (Lipinski definition) is 1. The van der Waals surface area contributed by atoms with E-state index in [2.05, 4.69) is 10.3 Å². The standard InChI is InChI=1S/C16H18N2O3S/c1-21-16(20)13(8-10-22-2)18-15(19)14-12-6-4-3-5-11(12)7-9-17-14/h3-7,9,13H,8,10H2,1-2H3,(H,18,19)/t13-/m0/s1. The first-order chi connectivity index (χ1) is 10.7. The van der Waals surface area contributed by atoms with E-state index in [0.29, 0.717) is 12.1 Å². The number of aromatic nitrogens is 1. The van der Waals surface area contributed by atoms with Crippen molar-refractivity contribution in [2.45, 2.75) is 12.5 Å². The van der Waals surface area contributed by atoms with Crippen LogP contribution in [0.15, 0.2) is 36.5 Å². The fraction of sp³-hybridized carbons (Fsp3) is 0.312. The number of thioether (sulfide) groups is 1. The van der Waals surface area contributed by atoms with E-state index in [1.807, 2.05) is 36.6 Å². The van der Waals surface area contributed by atoms with Crippen LogP contribution < -0.4 is 5.32 Å². The number of esters is 1. The Hall–Kier alpha value is -2.08. The van der Waals surface area contributed by atoms with Gasteiger partial charge in [0.2, 0.25) is 0 Å². The normalized spacial score (nSPS) is 11.9. The van der Waals surface area contributed by atoms with Crippen LogP contribution in [-0.4, -0.2) is 42.0 Å². The highest BCUT2D eigenvalue weighted by Gasteiger charge is 2.23. The third kappa shape index (κ3) is 3.76. The van der Waals surface area contributed by atoms with Gasteiger partial charge >= 0.3 is 5.97 Å². The average Bonchev–Trinajstić information content (AvgIpc) is 2.57. The minimum Gasteiger partial charge on any atom is -0.467 e. The lowest BCUT2D eigenvalue weighted by Gasteiger charge is -2.16. The maximum absolute atomic E-state index is 12.5. The zero-order chi connectivity index (χ0) is 15.9. The van der Waals surface area contributed by atoms with Gasteiger partial charge in [0.1, 0.15) is 11.7 Å². The zero-order valence-electron chi connectivity index (χ0n) is 12.5. The number of methoxy groups -OCH3 is 1. The Bertz CT molecular complexity index is 670. The van der Waals surface area contributed by atoms with E-state index in [9.17, 15) is 9.59 Å². The molecule has 1 aromatic carbocycles. The molecule has 6 heteroatoms. The van der Waals surface area contributed by atoms with Gasteiger partial charge in [-0.1, -0.05) is 24.3 Å². The number of hydrogen-bond acceptors (Lipinski definition) is 5. The Kier molecular flexibility index (Phi) is 5.77. The summed E-state index contributed by atoms with van der Waals surface area (Å²) in [5, 5.41) is 4.41. The number of carbonyl (C=O) groups excluding carboxylic acids is 2. The van der Waals surface area contributed by atoms with Gasteiger partial charge in [0.05, 0.1) is 7.11 Å². The van der Waals surface area contributed by atoms with Crippen molar-refractivity contribution in [3.8, 4) is 0 Å². The maximum Gasteiger partial charge on any atom is 0.328 e. The quantitative estimate of drug-likeness (QED) is 0.828. The first-order valence-electron chi connectivity index (χ1n) is 6.88. The van der Waals surface area contributed by atoms with E-state index in [-0.39, 0.29) is 5.91 Å². The Balaban J connectivity index is 2.23. The molecule has 0 aliphatic carbocycles. The lowest BCUT2D eigenvalue weighted by atomic mass is 10.1. The van der Waals surface area contributed by atoms with Gasteiger partial charge < -0.3 is 10.1 Å². The summed E-state index contributed by atoms with van der Waals surface area (Å²) in [7, 11) is 1.32. The Morgan fingerprint density at radius 1 is 1.32 bits per heavy atom. The van der Waals surface area contributed by atoms with Crippen molar-refractivity contribution in [2.24, 2.45) is 0 Å². The smallest absolute Gasteiger partial charge is 0.328 e. The first-order valence-corrected chi connectivity index (χ1v) is 8.28. The number of ether oxygens (including phenoxy) is 1. The number of rotatable bonds is 6. The third-order valence-corrected chi connectivity index (χ3v) is 3.93. The number of carbonyl (C=O) groups is 2. The molecule has 0 unspecified atom stereocenters. The molecule has 2 rings (SSSR count). The predicted molar refractivity (Wildman–Crippen MR) is 88.0 cm³/mol. The molecule has 116 valence electrons. The molecule has 0 bridgehead atoms. The second-order valence-electron chi connectivity index (χ2n) is 4.71. The SMILES string of the molecule is COC(=O)[C@H](CCSC)NC(=O)c1nccc2ccccc12. The fourth-order valence-corrected chi connectivity index (χ4v) is 2.63. The molecule has 1 heterocycles. The van der Waals surface area contributed by atoms with Crippen LogP contribution in [0.3, 0.4) is 0 Å². The molecule has 0 aliphatic heterocycles. The highest BCUT2D eigenvalue weighted by Crippen LogP contribution is 2.16. The molecule has 0 aliphatic rings. The van der Waals surface area contributed by atoms with Crippen LogP contribution in [-0.2, 0) is 9.53 Å². The molecule has 0 radical (unpaired) electrons. The molecule has 1 atom stereocenters.